The highest BCUT2D eigenvalue weighted by Gasteiger charge is 2.38. The van der Waals surface area contributed by atoms with Gasteiger partial charge in [0.2, 0.25) is 0 Å². The van der Waals surface area contributed by atoms with Gasteiger partial charge in [0, 0.05) is 31.4 Å². The summed E-state index contributed by atoms with van der Waals surface area (Å²) in [5, 5.41) is 9.11. The van der Waals surface area contributed by atoms with E-state index in [2.05, 4.69) is 15.0 Å². The first-order chi connectivity index (χ1) is 11.2. The maximum atomic E-state index is 13.3. The van der Waals surface area contributed by atoms with Gasteiger partial charge in [-0.3, -0.25) is 0 Å². The number of aromatic amines is 1. The predicted octanol–water partition coefficient (Wildman–Crippen LogP) is 2.55. The van der Waals surface area contributed by atoms with Crippen LogP contribution >= 0.6 is 0 Å². The Hall–Kier alpha value is -2.52. The number of rotatable bonds is 1. The second kappa shape index (κ2) is 5.53. The van der Waals surface area contributed by atoms with E-state index >= 15 is 0 Å². The number of carbonyl (C=O) groups is 1. The molecule has 1 fully saturated rings. The van der Waals surface area contributed by atoms with E-state index in [9.17, 15) is 23.1 Å². The lowest BCUT2D eigenvalue weighted by atomic mass is 10.1. The molecule has 0 radical (unpaired) electrons. The summed E-state index contributed by atoms with van der Waals surface area (Å²) < 4.78 is 39.8. The number of nitrogens with zero attached hydrogens (tertiary/aromatic N) is 4. The molecule has 2 aromatic heterocycles. The van der Waals surface area contributed by atoms with Gasteiger partial charge in [0.1, 0.15) is 17.8 Å². The molecule has 0 saturated carbocycles. The number of alkyl halides is 3. The maximum absolute atomic E-state index is 13.3. The van der Waals surface area contributed by atoms with E-state index in [1.54, 1.807) is 18.7 Å². The Morgan fingerprint density at radius 3 is 2.62 bits per heavy atom. The average Bonchev–Trinajstić information content (AvgIpc) is 2.93. The second-order valence-electron chi connectivity index (χ2n) is 5.91. The van der Waals surface area contributed by atoms with Crippen LogP contribution in [-0.2, 0) is 6.18 Å². The molecule has 1 amide bonds. The van der Waals surface area contributed by atoms with Gasteiger partial charge >= 0.3 is 12.3 Å². The standard InChI is InChI=1S/C14H16F3N5O2/c1-7-5-22(13(23)24)8(2)4-21(7)12-10-9(14(15,16)17)3-18-11(10)19-6-20-12/h3,6-8H,4-5H2,1-2H3,(H,23,24)(H,18,19,20). The van der Waals surface area contributed by atoms with E-state index in [-0.39, 0.29) is 42.0 Å². The molecule has 0 aromatic carbocycles. The smallest absolute Gasteiger partial charge is 0.418 e. The van der Waals surface area contributed by atoms with Crippen molar-refractivity contribution in [2.75, 3.05) is 18.0 Å². The number of piperazine rings is 1. The van der Waals surface area contributed by atoms with Gasteiger partial charge in [0.15, 0.2) is 0 Å². The molecule has 0 spiro atoms. The van der Waals surface area contributed by atoms with Gasteiger partial charge in [-0.05, 0) is 13.8 Å². The Bertz CT molecular complexity index is 775. The van der Waals surface area contributed by atoms with Crippen molar-refractivity contribution in [2.45, 2.75) is 32.1 Å². The molecule has 7 nitrogen and oxygen atoms in total. The minimum Gasteiger partial charge on any atom is -0.465 e. The molecular weight excluding hydrogens is 327 g/mol. The number of fused-ring (bicyclic) bond motifs is 1. The number of halogens is 3. The summed E-state index contributed by atoms with van der Waals surface area (Å²) in [5.74, 6) is 0.165. The summed E-state index contributed by atoms with van der Waals surface area (Å²) in [6, 6.07) is -0.677. The van der Waals surface area contributed by atoms with Crippen molar-refractivity contribution in [1.29, 1.82) is 0 Å². The van der Waals surface area contributed by atoms with Crippen LogP contribution in [0.5, 0.6) is 0 Å². The zero-order valence-corrected chi connectivity index (χ0v) is 13.0. The van der Waals surface area contributed by atoms with Gasteiger partial charge in [-0.15, -0.1) is 0 Å². The zero-order chi connectivity index (χ0) is 17.6. The molecule has 24 heavy (non-hydrogen) atoms. The van der Waals surface area contributed by atoms with E-state index in [1.165, 1.54) is 11.2 Å². The van der Waals surface area contributed by atoms with Gasteiger partial charge in [-0.1, -0.05) is 0 Å². The largest absolute Gasteiger partial charge is 0.465 e. The van der Waals surface area contributed by atoms with E-state index < -0.39 is 17.8 Å². The number of hydrogen-bond acceptors (Lipinski definition) is 4. The maximum Gasteiger partial charge on any atom is 0.418 e. The molecule has 2 N–H and O–H groups in total. The minimum absolute atomic E-state index is 0.0900. The van der Waals surface area contributed by atoms with Gasteiger partial charge < -0.3 is 19.9 Å². The van der Waals surface area contributed by atoms with E-state index in [4.69, 9.17) is 0 Å². The van der Waals surface area contributed by atoms with Crippen molar-refractivity contribution in [1.82, 2.24) is 19.9 Å². The van der Waals surface area contributed by atoms with Crippen molar-refractivity contribution in [2.24, 2.45) is 0 Å². The number of amides is 1. The topological polar surface area (TPSA) is 85.4 Å². The highest BCUT2D eigenvalue weighted by atomic mass is 19.4. The third kappa shape index (κ3) is 2.61. The SMILES string of the molecule is CC1CN(c2ncnc3[nH]cc(C(F)(F)F)c23)C(C)CN1C(=O)O. The van der Waals surface area contributed by atoms with Crippen molar-refractivity contribution < 1.29 is 23.1 Å². The minimum atomic E-state index is -4.53. The average molecular weight is 343 g/mol. The molecule has 10 heteroatoms. The van der Waals surface area contributed by atoms with E-state index in [1.807, 2.05) is 0 Å². The molecule has 3 rings (SSSR count). The molecule has 2 aromatic rings. The Labute approximate surface area is 135 Å². The van der Waals surface area contributed by atoms with Crippen LogP contribution in [0.4, 0.5) is 23.8 Å². The van der Waals surface area contributed by atoms with E-state index in [0.29, 0.717) is 0 Å². The van der Waals surface area contributed by atoms with Crippen LogP contribution in [-0.4, -0.2) is 56.2 Å². The summed E-state index contributed by atoms with van der Waals surface area (Å²) >= 11 is 0. The third-order valence-corrected chi connectivity index (χ3v) is 4.26. The van der Waals surface area contributed by atoms with Gasteiger partial charge in [0.05, 0.1) is 10.9 Å². The predicted molar refractivity (Wildman–Crippen MR) is 79.9 cm³/mol. The van der Waals surface area contributed by atoms with E-state index in [0.717, 1.165) is 6.20 Å². The molecule has 1 aliphatic rings. The number of H-pyrrole nitrogens is 1. The molecule has 2 atom stereocenters. The zero-order valence-electron chi connectivity index (χ0n) is 13.0. The molecule has 0 aliphatic carbocycles. The highest BCUT2D eigenvalue weighted by molar-refractivity contribution is 5.91. The highest BCUT2D eigenvalue weighted by Crippen LogP contribution is 2.38. The van der Waals surface area contributed by atoms with Gasteiger partial charge in [0.25, 0.3) is 0 Å². The fraction of sp³-hybridized carbons (Fsp3) is 0.500. The van der Waals surface area contributed by atoms with Gasteiger partial charge in [-0.2, -0.15) is 13.2 Å². The first-order valence-corrected chi connectivity index (χ1v) is 7.35. The number of carboxylic acid groups (broad SMARTS) is 1. The van der Waals surface area contributed by atoms with Crippen LogP contribution in [0.25, 0.3) is 11.0 Å². The molecule has 2 unspecified atom stereocenters. The van der Waals surface area contributed by atoms with Crippen molar-refractivity contribution >= 4 is 22.9 Å². The molecular formula is C14H16F3N5O2. The summed E-state index contributed by atoms with van der Waals surface area (Å²) in [6.45, 7) is 3.92. The fourth-order valence-electron chi connectivity index (χ4n) is 3.08. The molecule has 3 heterocycles. The molecule has 1 saturated heterocycles. The Kier molecular flexibility index (Phi) is 3.77. The summed E-state index contributed by atoms with van der Waals surface area (Å²) in [4.78, 5) is 24.7. The lowest BCUT2D eigenvalue weighted by molar-refractivity contribution is -0.136. The Balaban J connectivity index is 2.07. The molecule has 0 bridgehead atoms. The van der Waals surface area contributed by atoms with Crippen LogP contribution in [0, 0.1) is 0 Å². The van der Waals surface area contributed by atoms with Gasteiger partial charge in [-0.25, -0.2) is 14.8 Å². The normalized spacial score (nSPS) is 22.2. The molecule has 1 aliphatic heterocycles. The van der Waals surface area contributed by atoms with Crippen LogP contribution in [0.15, 0.2) is 12.5 Å². The quantitative estimate of drug-likeness (QED) is 0.831. The van der Waals surface area contributed by atoms with Crippen LogP contribution in [0.2, 0.25) is 0 Å². The van der Waals surface area contributed by atoms with Crippen molar-refractivity contribution in [3.63, 3.8) is 0 Å². The Morgan fingerprint density at radius 1 is 1.29 bits per heavy atom. The number of nitrogens with one attached hydrogen (secondary N) is 1. The fourth-order valence-corrected chi connectivity index (χ4v) is 3.08. The lowest BCUT2D eigenvalue weighted by Gasteiger charge is -2.43. The molecule has 130 valence electrons. The second-order valence-corrected chi connectivity index (χ2v) is 5.91. The first kappa shape index (κ1) is 16.3. The summed E-state index contributed by atoms with van der Waals surface area (Å²) in [7, 11) is 0. The summed E-state index contributed by atoms with van der Waals surface area (Å²) in [5.41, 5.74) is -0.721. The lowest BCUT2D eigenvalue weighted by Crippen LogP contribution is -2.58. The number of anilines is 1. The van der Waals surface area contributed by atoms with Crippen molar-refractivity contribution in [3.8, 4) is 0 Å². The first-order valence-electron chi connectivity index (χ1n) is 7.35. The summed E-state index contributed by atoms with van der Waals surface area (Å²) in [6.07, 6.45) is -3.49. The van der Waals surface area contributed by atoms with Crippen molar-refractivity contribution in [3.05, 3.63) is 18.1 Å². The Morgan fingerprint density at radius 2 is 2.00 bits per heavy atom. The van der Waals surface area contributed by atoms with Crippen LogP contribution in [0.1, 0.15) is 19.4 Å². The third-order valence-electron chi connectivity index (χ3n) is 4.26. The monoisotopic (exact) mass is 343 g/mol. The number of hydrogen-bond donors (Lipinski definition) is 2. The number of aromatic nitrogens is 3. The van der Waals surface area contributed by atoms with Crippen LogP contribution in [0.3, 0.4) is 0 Å². The van der Waals surface area contributed by atoms with Crippen LogP contribution < -0.4 is 4.90 Å².